The average molecular weight is 453 g/mol. The van der Waals surface area contributed by atoms with Gasteiger partial charge >= 0.3 is 5.97 Å². The molecule has 2 amide bonds. The van der Waals surface area contributed by atoms with E-state index in [0.29, 0.717) is 23.4 Å². The zero-order valence-corrected chi connectivity index (χ0v) is 16.6. The molecule has 3 rings (SSSR count). The van der Waals surface area contributed by atoms with Crippen molar-refractivity contribution in [1.82, 2.24) is 4.90 Å². The van der Waals surface area contributed by atoms with Gasteiger partial charge in [0, 0.05) is 23.1 Å². The van der Waals surface area contributed by atoms with Crippen LogP contribution in [0.3, 0.4) is 0 Å². The molecular weight excluding hydrogens is 440 g/mol. The minimum absolute atomic E-state index is 0.0211. The summed E-state index contributed by atoms with van der Waals surface area (Å²) in [5.74, 6) is -1.75. The molecule has 0 aromatic heterocycles. The minimum atomic E-state index is -1.02. The maximum atomic E-state index is 13.0. The molecule has 0 saturated carbocycles. The van der Waals surface area contributed by atoms with E-state index in [-0.39, 0.29) is 28.1 Å². The monoisotopic (exact) mass is 452 g/mol. The smallest absolute Gasteiger partial charge is 0.305 e. The van der Waals surface area contributed by atoms with Crippen molar-refractivity contribution in [3.05, 3.63) is 45.8 Å². The number of thiocarbonyl (C=S) groups is 1. The van der Waals surface area contributed by atoms with Crippen molar-refractivity contribution in [2.24, 2.45) is 0 Å². The Morgan fingerprint density at radius 3 is 2.69 bits per heavy atom. The molecule has 9 heteroatoms. The number of thioether (sulfide) groups is 1. The summed E-state index contributed by atoms with van der Waals surface area (Å²) in [7, 11) is 0. The van der Waals surface area contributed by atoms with E-state index in [1.807, 2.05) is 6.07 Å². The summed E-state index contributed by atoms with van der Waals surface area (Å²) in [6.45, 7) is 3.97. The van der Waals surface area contributed by atoms with Gasteiger partial charge < -0.3 is 10.0 Å². The number of carbonyl (C=O) groups excluding carboxylic acids is 2. The molecule has 1 N–H and O–H groups in total. The normalized spacial score (nSPS) is 19.3. The van der Waals surface area contributed by atoms with Crippen molar-refractivity contribution in [2.45, 2.75) is 6.42 Å². The van der Waals surface area contributed by atoms with Crippen LogP contribution >= 0.6 is 39.9 Å². The Morgan fingerprint density at radius 2 is 2.04 bits per heavy atom. The molecule has 0 radical (unpaired) electrons. The van der Waals surface area contributed by atoms with Gasteiger partial charge in [-0.25, -0.2) is 0 Å². The maximum Gasteiger partial charge on any atom is 0.305 e. The molecule has 1 aromatic carbocycles. The van der Waals surface area contributed by atoms with Crippen LogP contribution in [-0.2, 0) is 14.4 Å². The van der Waals surface area contributed by atoms with E-state index in [1.165, 1.54) is 4.90 Å². The summed E-state index contributed by atoms with van der Waals surface area (Å²) >= 11 is 9.64. The zero-order valence-electron chi connectivity index (χ0n) is 13.4. The Labute approximate surface area is 167 Å². The van der Waals surface area contributed by atoms with E-state index in [1.54, 1.807) is 23.1 Å². The molecule has 1 aromatic rings. The van der Waals surface area contributed by atoms with Gasteiger partial charge in [-0.2, -0.15) is 0 Å². The second-order valence-electron chi connectivity index (χ2n) is 5.54. The third-order valence-corrected chi connectivity index (χ3v) is 5.86. The molecule has 0 unspecified atom stereocenters. The number of fused-ring (bicyclic) bond motifs is 1. The molecular formula is C17H13BrN2O4S2. The summed E-state index contributed by atoms with van der Waals surface area (Å²) in [5.41, 5.74) is 1.63. The molecule has 1 fully saturated rings. The predicted octanol–water partition coefficient (Wildman–Crippen LogP) is 3.03. The summed E-state index contributed by atoms with van der Waals surface area (Å²) in [5, 5.41) is 8.84. The maximum absolute atomic E-state index is 13.0. The van der Waals surface area contributed by atoms with Crippen LogP contribution < -0.4 is 4.90 Å². The highest BCUT2D eigenvalue weighted by molar-refractivity contribution is 9.10. The van der Waals surface area contributed by atoms with Crippen LogP contribution in [0, 0.1) is 0 Å². The fourth-order valence-corrected chi connectivity index (χ4v) is 4.52. The Balaban J connectivity index is 2.08. The molecule has 6 nitrogen and oxygen atoms in total. The molecule has 2 aliphatic rings. The molecule has 0 atom stereocenters. The number of hydrogen-bond acceptors (Lipinski definition) is 5. The van der Waals surface area contributed by atoms with Crippen molar-refractivity contribution in [3.63, 3.8) is 0 Å². The molecule has 2 heterocycles. The Kier molecular flexibility index (Phi) is 5.31. The summed E-state index contributed by atoms with van der Waals surface area (Å²) in [6.07, 6.45) is 1.40. The van der Waals surface area contributed by atoms with Crippen molar-refractivity contribution >= 4 is 73.3 Å². The van der Waals surface area contributed by atoms with Crippen molar-refractivity contribution in [3.8, 4) is 0 Å². The number of halogens is 1. The number of amides is 2. The van der Waals surface area contributed by atoms with Gasteiger partial charge in [-0.1, -0.05) is 46.0 Å². The lowest BCUT2D eigenvalue weighted by atomic mass is 10.1. The first-order valence-electron chi connectivity index (χ1n) is 7.57. The van der Waals surface area contributed by atoms with Gasteiger partial charge in [-0.3, -0.25) is 19.3 Å². The van der Waals surface area contributed by atoms with E-state index in [0.717, 1.165) is 16.2 Å². The lowest BCUT2D eigenvalue weighted by Gasteiger charge is -2.14. The third-order valence-electron chi connectivity index (χ3n) is 3.91. The molecule has 0 spiro atoms. The SMILES string of the molecule is C=CCN1C(=O)C(=C2SC(=S)N(CCC(=O)O)C2=O)c2cc(Br)ccc21. The van der Waals surface area contributed by atoms with E-state index < -0.39 is 11.9 Å². The fraction of sp³-hybridized carbons (Fsp3) is 0.176. The van der Waals surface area contributed by atoms with Crippen LogP contribution in [0.5, 0.6) is 0 Å². The number of anilines is 1. The Morgan fingerprint density at radius 1 is 1.31 bits per heavy atom. The predicted molar refractivity (Wildman–Crippen MR) is 108 cm³/mol. The molecule has 0 bridgehead atoms. The van der Waals surface area contributed by atoms with Gasteiger partial charge in [0.2, 0.25) is 0 Å². The van der Waals surface area contributed by atoms with Crippen LogP contribution in [0.4, 0.5) is 5.69 Å². The molecule has 134 valence electrons. The first-order chi connectivity index (χ1) is 12.3. The second-order valence-corrected chi connectivity index (χ2v) is 8.10. The quantitative estimate of drug-likeness (QED) is 0.420. The summed E-state index contributed by atoms with van der Waals surface area (Å²) in [4.78, 5) is 39.6. The highest BCUT2D eigenvalue weighted by Gasteiger charge is 2.41. The fourth-order valence-electron chi connectivity index (χ4n) is 2.78. The molecule has 26 heavy (non-hydrogen) atoms. The number of carbonyl (C=O) groups is 3. The lowest BCUT2D eigenvalue weighted by molar-refractivity contribution is -0.137. The van der Waals surface area contributed by atoms with Crippen molar-refractivity contribution in [1.29, 1.82) is 0 Å². The van der Waals surface area contributed by atoms with E-state index >= 15 is 0 Å². The van der Waals surface area contributed by atoms with Crippen LogP contribution in [0.1, 0.15) is 12.0 Å². The number of nitrogens with zero attached hydrogens (tertiary/aromatic N) is 2. The summed E-state index contributed by atoms with van der Waals surface area (Å²) in [6, 6.07) is 5.41. The topological polar surface area (TPSA) is 77.9 Å². The molecule has 2 aliphatic heterocycles. The van der Waals surface area contributed by atoms with Gasteiger partial charge in [-0.15, -0.1) is 6.58 Å². The van der Waals surface area contributed by atoms with Gasteiger partial charge in [0.15, 0.2) is 0 Å². The first-order valence-corrected chi connectivity index (χ1v) is 9.59. The average Bonchev–Trinajstić information content (AvgIpc) is 3.00. The van der Waals surface area contributed by atoms with Crippen LogP contribution in [0.15, 0.2) is 40.2 Å². The highest BCUT2D eigenvalue weighted by Crippen LogP contribution is 2.45. The van der Waals surface area contributed by atoms with Gasteiger partial charge in [0.05, 0.1) is 22.6 Å². The number of rotatable bonds is 5. The number of hydrogen-bond donors (Lipinski definition) is 1. The number of benzene rings is 1. The first kappa shape index (κ1) is 18.8. The standard InChI is InChI=1S/C17H13BrN2O4S2/c1-2-6-19-11-4-3-9(18)8-10(11)13(15(19)23)14-16(24)20(17(25)26-14)7-5-12(21)22/h2-4,8H,1,5-7H2,(H,21,22). The number of aliphatic carboxylic acids is 1. The highest BCUT2D eigenvalue weighted by atomic mass is 79.9. The van der Waals surface area contributed by atoms with Crippen molar-refractivity contribution in [2.75, 3.05) is 18.0 Å². The van der Waals surface area contributed by atoms with E-state index in [9.17, 15) is 14.4 Å². The minimum Gasteiger partial charge on any atom is -0.481 e. The number of carboxylic acids is 1. The van der Waals surface area contributed by atoms with Crippen LogP contribution in [0.2, 0.25) is 0 Å². The van der Waals surface area contributed by atoms with E-state index in [4.69, 9.17) is 17.3 Å². The lowest BCUT2D eigenvalue weighted by Crippen LogP contribution is -2.31. The third kappa shape index (κ3) is 3.22. The van der Waals surface area contributed by atoms with Crippen molar-refractivity contribution < 1.29 is 19.5 Å². The largest absolute Gasteiger partial charge is 0.481 e. The van der Waals surface area contributed by atoms with Gasteiger partial charge in [0.25, 0.3) is 11.8 Å². The molecule has 1 saturated heterocycles. The number of carboxylic acid groups (broad SMARTS) is 1. The summed E-state index contributed by atoms with van der Waals surface area (Å²) < 4.78 is 1.04. The van der Waals surface area contributed by atoms with Crippen LogP contribution in [0.25, 0.3) is 5.57 Å². The molecule has 0 aliphatic carbocycles. The van der Waals surface area contributed by atoms with Gasteiger partial charge in [0.1, 0.15) is 4.32 Å². The second kappa shape index (κ2) is 7.34. The van der Waals surface area contributed by atoms with Gasteiger partial charge in [-0.05, 0) is 18.2 Å². The van der Waals surface area contributed by atoms with Crippen LogP contribution in [-0.4, -0.2) is 45.2 Å². The zero-order chi connectivity index (χ0) is 19.0. The Hall–Kier alpha value is -1.97. The Bertz CT molecular complexity index is 897. The van der Waals surface area contributed by atoms with E-state index in [2.05, 4.69) is 22.5 Å².